The van der Waals surface area contributed by atoms with Gasteiger partial charge in [-0.2, -0.15) is 0 Å². The maximum absolute atomic E-state index is 11.7. The standard InChI is InChI=1S/C17H34N4O2/c1-4-5-6-8-11-18-17(20-14-16(22)21(2)3)19-13-15-10-7-9-12-23-15/h15H,4-14H2,1-3H3,(H2,18,19,20). The van der Waals surface area contributed by atoms with Gasteiger partial charge in [0.1, 0.15) is 6.54 Å². The number of hydrogen-bond donors (Lipinski definition) is 2. The van der Waals surface area contributed by atoms with E-state index in [1.165, 1.54) is 25.7 Å². The van der Waals surface area contributed by atoms with Crippen LogP contribution in [-0.2, 0) is 9.53 Å². The average molecular weight is 326 g/mol. The molecule has 1 aliphatic heterocycles. The summed E-state index contributed by atoms with van der Waals surface area (Å²) in [7, 11) is 3.50. The van der Waals surface area contributed by atoms with E-state index in [-0.39, 0.29) is 18.6 Å². The van der Waals surface area contributed by atoms with Crippen LogP contribution in [0.25, 0.3) is 0 Å². The van der Waals surface area contributed by atoms with Crippen molar-refractivity contribution in [3.8, 4) is 0 Å². The molecule has 0 aromatic rings. The lowest BCUT2D eigenvalue weighted by molar-refractivity contribution is -0.127. The van der Waals surface area contributed by atoms with Crippen molar-refractivity contribution in [1.29, 1.82) is 0 Å². The molecule has 1 fully saturated rings. The maximum atomic E-state index is 11.7. The van der Waals surface area contributed by atoms with E-state index in [9.17, 15) is 4.79 Å². The zero-order chi connectivity index (χ0) is 16.9. The van der Waals surface area contributed by atoms with Crippen molar-refractivity contribution in [3.05, 3.63) is 0 Å². The van der Waals surface area contributed by atoms with Crippen LogP contribution < -0.4 is 10.6 Å². The van der Waals surface area contributed by atoms with Crippen LogP contribution in [0.4, 0.5) is 0 Å². The van der Waals surface area contributed by atoms with Gasteiger partial charge in [0.05, 0.1) is 6.10 Å². The van der Waals surface area contributed by atoms with Crippen molar-refractivity contribution >= 4 is 11.9 Å². The van der Waals surface area contributed by atoms with E-state index in [1.807, 2.05) is 0 Å². The largest absolute Gasteiger partial charge is 0.376 e. The predicted octanol–water partition coefficient (Wildman–Crippen LogP) is 1.76. The third-order valence-electron chi connectivity index (χ3n) is 3.97. The van der Waals surface area contributed by atoms with Crippen LogP contribution in [-0.4, -0.2) is 63.2 Å². The molecule has 0 saturated carbocycles. The van der Waals surface area contributed by atoms with Crippen LogP contribution in [0.1, 0.15) is 51.9 Å². The topological polar surface area (TPSA) is 66.0 Å². The van der Waals surface area contributed by atoms with Gasteiger partial charge in [0.15, 0.2) is 5.96 Å². The molecule has 1 unspecified atom stereocenters. The molecular formula is C17H34N4O2. The van der Waals surface area contributed by atoms with E-state index in [4.69, 9.17) is 4.74 Å². The fraction of sp³-hybridized carbons (Fsp3) is 0.882. The molecule has 1 rings (SSSR count). The number of aliphatic imine (C=N–C) groups is 1. The molecule has 1 amide bonds. The predicted molar refractivity (Wildman–Crippen MR) is 94.7 cm³/mol. The molecule has 6 nitrogen and oxygen atoms in total. The first-order chi connectivity index (χ1) is 11.1. The molecular weight excluding hydrogens is 292 g/mol. The van der Waals surface area contributed by atoms with Crippen LogP contribution in [0.2, 0.25) is 0 Å². The van der Waals surface area contributed by atoms with Crippen molar-refractivity contribution in [3.63, 3.8) is 0 Å². The van der Waals surface area contributed by atoms with Gasteiger partial charge in [-0.1, -0.05) is 26.2 Å². The number of rotatable bonds is 9. The average Bonchev–Trinajstić information content (AvgIpc) is 2.56. The van der Waals surface area contributed by atoms with Gasteiger partial charge in [0.2, 0.25) is 5.91 Å². The number of hydrogen-bond acceptors (Lipinski definition) is 3. The van der Waals surface area contributed by atoms with Crippen LogP contribution in [0.5, 0.6) is 0 Å². The molecule has 23 heavy (non-hydrogen) atoms. The number of nitrogens with one attached hydrogen (secondary N) is 2. The fourth-order valence-corrected chi connectivity index (χ4v) is 2.40. The Hall–Kier alpha value is -1.30. The van der Waals surface area contributed by atoms with Crippen LogP contribution in [0.3, 0.4) is 0 Å². The van der Waals surface area contributed by atoms with Gasteiger partial charge in [-0.05, 0) is 25.7 Å². The SMILES string of the molecule is CCCCCCNC(=NCC(=O)N(C)C)NCC1CCCCO1. The first-order valence-electron chi connectivity index (χ1n) is 8.97. The molecule has 0 spiro atoms. The molecule has 1 heterocycles. The highest BCUT2D eigenvalue weighted by Crippen LogP contribution is 2.11. The number of ether oxygens (including phenoxy) is 1. The van der Waals surface area contributed by atoms with Crippen molar-refractivity contribution in [2.24, 2.45) is 4.99 Å². The molecule has 0 aromatic heterocycles. The van der Waals surface area contributed by atoms with Gasteiger partial charge in [-0.15, -0.1) is 0 Å². The maximum Gasteiger partial charge on any atom is 0.243 e. The third kappa shape index (κ3) is 9.43. The van der Waals surface area contributed by atoms with E-state index < -0.39 is 0 Å². The second kappa shape index (κ2) is 12.2. The molecule has 0 bridgehead atoms. The van der Waals surface area contributed by atoms with Crippen molar-refractivity contribution in [2.75, 3.05) is 40.3 Å². The number of nitrogens with zero attached hydrogens (tertiary/aromatic N) is 2. The number of carbonyl (C=O) groups excluding carboxylic acids is 1. The lowest BCUT2D eigenvalue weighted by Crippen LogP contribution is -2.43. The summed E-state index contributed by atoms with van der Waals surface area (Å²) in [6.07, 6.45) is 8.56. The quantitative estimate of drug-likeness (QED) is 0.385. The Morgan fingerprint density at radius 3 is 2.70 bits per heavy atom. The summed E-state index contributed by atoms with van der Waals surface area (Å²) < 4.78 is 5.73. The van der Waals surface area contributed by atoms with Gasteiger partial charge in [0.25, 0.3) is 0 Å². The van der Waals surface area contributed by atoms with Gasteiger partial charge in [-0.25, -0.2) is 4.99 Å². The van der Waals surface area contributed by atoms with Crippen molar-refractivity contribution in [2.45, 2.75) is 58.0 Å². The number of amides is 1. The molecule has 2 N–H and O–H groups in total. The minimum absolute atomic E-state index is 0.00555. The zero-order valence-corrected chi connectivity index (χ0v) is 15.1. The molecule has 0 aliphatic carbocycles. The lowest BCUT2D eigenvalue weighted by Gasteiger charge is -2.24. The number of unbranched alkanes of at least 4 members (excludes halogenated alkanes) is 3. The molecule has 1 atom stereocenters. The third-order valence-corrected chi connectivity index (χ3v) is 3.97. The Bertz CT molecular complexity index is 353. The highest BCUT2D eigenvalue weighted by Gasteiger charge is 2.14. The first kappa shape index (κ1) is 19.7. The Morgan fingerprint density at radius 2 is 2.04 bits per heavy atom. The second-order valence-corrected chi connectivity index (χ2v) is 6.31. The molecule has 134 valence electrons. The van der Waals surface area contributed by atoms with Gasteiger partial charge in [0, 0.05) is 33.8 Å². The Morgan fingerprint density at radius 1 is 1.22 bits per heavy atom. The first-order valence-corrected chi connectivity index (χ1v) is 8.97. The van der Waals surface area contributed by atoms with Crippen LogP contribution in [0, 0.1) is 0 Å². The summed E-state index contributed by atoms with van der Waals surface area (Å²) in [5, 5.41) is 6.64. The van der Waals surface area contributed by atoms with Gasteiger partial charge >= 0.3 is 0 Å². The minimum atomic E-state index is 0.00555. The lowest BCUT2D eigenvalue weighted by atomic mass is 10.1. The fourth-order valence-electron chi connectivity index (χ4n) is 2.40. The van der Waals surface area contributed by atoms with E-state index >= 15 is 0 Å². The van der Waals surface area contributed by atoms with Crippen molar-refractivity contribution in [1.82, 2.24) is 15.5 Å². The minimum Gasteiger partial charge on any atom is -0.376 e. The Kier molecular flexibility index (Phi) is 10.4. The molecule has 1 aliphatic rings. The van der Waals surface area contributed by atoms with Crippen LogP contribution in [0.15, 0.2) is 4.99 Å². The van der Waals surface area contributed by atoms with Gasteiger partial charge < -0.3 is 20.3 Å². The highest BCUT2D eigenvalue weighted by atomic mass is 16.5. The Balaban J connectivity index is 2.39. The summed E-state index contributed by atoms with van der Waals surface area (Å²) >= 11 is 0. The van der Waals surface area contributed by atoms with Crippen LogP contribution >= 0.6 is 0 Å². The molecule has 6 heteroatoms. The number of guanidine groups is 1. The summed E-state index contributed by atoms with van der Waals surface area (Å²) in [6.45, 7) is 4.86. The molecule has 1 saturated heterocycles. The van der Waals surface area contributed by atoms with E-state index in [1.54, 1.807) is 19.0 Å². The van der Waals surface area contributed by atoms with E-state index in [0.29, 0.717) is 5.96 Å². The normalized spacial score (nSPS) is 18.6. The zero-order valence-electron chi connectivity index (χ0n) is 15.1. The summed E-state index contributed by atoms with van der Waals surface area (Å²) in [5.74, 6) is 0.719. The van der Waals surface area contributed by atoms with Gasteiger partial charge in [-0.3, -0.25) is 4.79 Å². The van der Waals surface area contributed by atoms with Crippen molar-refractivity contribution < 1.29 is 9.53 Å². The monoisotopic (exact) mass is 326 g/mol. The summed E-state index contributed by atoms with van der Waals surface area (Å²) in [5.41, 5.74) is 0. The smallest absolute Gasteiger partial charge is 0.243 e. The Labute approximate surface area is 141 Å². The second-order valence-electron chi connectivity index (χ2n) is 6.31. The highest BCUT2D eigenvalue weighted by molar-refractivity contribution is 5.84. The number of likely N-dealkylation sites (N-methyl/N-ethyl adjacent to an activating group) is 1. The number of carbonyl (C=O) groups is 1. The molecule has 0 radical (unpaired) electrons. The summed E-state index contributed by atoms with van der Waals surface area (Å²) in [4.78, 5) is 17.7. The van der Waals surface area contributed by atoms with E-state index in [2.05, 4.69) is 22.5 Å². The summed E-state index contributed by atoms with van der Waals surface area (Å²) in [6, 6.07) is 0. The van der Waals surface area contributed by atoms with E-state index in [0.717, 1.165) is 39.0 Å². The molecule has 0 aromatic carbocycles.